The van der Waals surface area contributed by atoms with Crippen molar-refractivity contribution < 1.29 is 14.3 Å². The van der Waals surface area contributed by atoms with Gasteiger partial charge in [0, 0.05) is 11.1 Å². The molecule has 0 bridgehead atoms. The summed E-state index contributed by atoms with van der Waals surface area (Å²) < 4.78 is 11.8. The van der Waals surface area contributed by atoms with E-state index < -0.39 is 5.24 Å². The van der Waals surface area contributed by atoms with Crippen LogP contribution in [0.2, 0.25) is 0 Å². The molecule has 0 atom stereocenters. The second kappa shape index (κ2) is 8.54. The van der Waals surface area contributed by atoms with Gasteiger partial charge in [0.15, 0.2) is 0 Å². The minimum atomic E-state index is -0.542. The van der Waals surface area contributed by atoms with Gasteiger partial charge in [-0.25, -0.2) is 0 Å². The number of ether oxygens (including phenoxy) is 2. The first-order valence-corrected chi connectivity index (χ1v) is 8.69. The highest BCUT2D eigenvalue weighted by molar-refractivity contribution is 6.67. The Kier molecular flexibility index (Phi) is 5.92. The fourth-order valence-electron chi connectivity index (χ4n) is 2.55. The van der Waals surface area contributed by atoms with Gasteiger partial charge in [-0.15, -0.1) is 0 Å². The first-order valence-electron chi connectivity index (χ1n) is 8.31. The third kappa shape index (κ3) is 4.64. The summed E-state index contributed by atoms with van der Waals surface area (Å²) >= 11 is 5.68. The number of carbonyl (C=O) groups excluding carboxylic acids is 1. The number of hydrogen-bond donors (Lipinski definition) is 0. The molecule has 4 heteroatoms. The molecule has 0 heterocycles. The molecule has 0 amide bonds. The maximum absolute atomic E-state index is 11.7. The average molecular weight is 367 g/mol. The molecule has 0 saturated carbocycles. The van der Waals surface area contributed by atoms with Gasteiger partial charge in [0.2, 0.25) is 0 Å². The normalized spacial score (nSPS) is 10.4. The Morgan fingerprint density at radius 3 is 1.62 bits per heavy atom. The van der Waals surface area contributed by atoms with Crippen LogP contribution in [0.3, 0.4) is 0 Å². The van der Waals surface area contributed by atoms with Gasteiger partial charge in [-0.05, 0) is 41.8 Å². The molecule has 0 unspecified atom stereocenters. The van der Waals surface area contributed by atoms with Crippen molar-refractivity contribution in [1.29, 1.82) is 0 Å². The Hall–Kier alpha value is -2.78. The Bertz CT molecular complexity index is 812. The lowest BCUT2D eigenvalue weighted by Gasteiger charge is -2.15. The summed E-state index contributed by atoms with van der Waals surface area (Å²) in [6, 6.07) is 23.0. The molecule has 0 aromatic heterocycles. The molecule has 3 aromatic carbocycles. The van der Waals surface area contributed by atoms with E-state index in [4.69, 9.17) is 21.1 Å². The maximum Gasteiger partial charge on any atom is 0.252 e. The minimum Gasteiger partial charge on any atom is -0.488 e. The highest BCUT2D eigenvalue weighted by Gasteiger charge is 2.14. The number of benzene rings is 3. The average Bonchev–Trinajstić information content (AvgIpc) is 2.67. The number of carbonyl (C=O) groups is 1. The molecule has 132 valence electrons. The molecule has 0 aliphatic rings. The van der Waals surface area contributed by atoms with Gasteiger partial charge in [-0.3, -0.25) is 4.79 Å². The molecular weight excluding hydrogens is 348 g/mol. The molecule has 3 rings (SSSR count). The summed E-state index contributed by atoms with van der Waals surface area (Å²) in [5, 5.41) is -0.542. The van der Waals surface area contributed by atoms with Gasteiger partial charge in [-0.1, -0.05) is 60.7 Å². The molecule has 0 spiro atoms. The zero-order valence-corrected chi connectivity index (χ0v) is 15.2. The molecule has 26 heavy (non-hydrogen) atoms. The second-order valence-electron chi connectivity index (χ2n) is 5.92. The summed E-state index contributed by atoms with van der Waals surface area (Å²) in [7, 11) is 0. The van der Waals surface area contributed by atoms with Crippen LogP contribution in [-0.2, 0) is 13.2 Å². The van der Waals surface area contributed by atoms with Crippen LogP contribution < -0.4 is 9.47 Å². The van der Waals surface area contributed by atoms with E-state index in [1.165, 1.54) is 0 Å². The molecular formula is C22H19ClO3. The third-order valence-electron chi connectivity index (χ3n) is 4.01. The fraction of sp³-hybridized carbons (Fsp3) is 0.136. The van der Waals surface area contributed by atoms with E-state index in [1.54, 1.807) is 12.1 Å². The predicted molar refractivity (Wildman–Crippen MR) is 103 cm³/mol. The second-order valence-corrected chi connectivity index (χ2v) is 6.26. The Morgan fingerprint density at radius 2 is 1.23 bits per heavy atom. The van der Waals surface area contributed by atoms with Crippen LogP contribution in [0.25, 0.3) is 0 Å². The van der Waals surface area contributed by atoms with Crippen molar-refractivity contribution in [3.05, 3.63) is 95.1 Å². The summed E-state index contributed by atoms with van der Waals surface area (Å²) in [5.41, 5.74) is 3.27. The zero-order chi connectivity index (χ0) is 18.4. The van der Waals surface area contributed by atoms with Crippen LogP contribution >= 0.6 is 11.6 Å². The largest absolute Gasteiger partial charge is 0.488 e. The Morgan fingerprint density at radius 1 is 0.808 bits per heavy atom. The highest BCUT2D eigenvalue weighted by atomic mass is 35.5. The van der Waals surface area contributed by atoms with Gasteiger partial charge >= 0.3 is 0 Å². The molecule has 3 aromatic rings. The highest BCUT2D eigenvalue weighted by Crippen LogP contribution is 2.31. The lowest BCUT2D eigenvalue weighted by atomic mass is 10.1. The molecule has 0 N–H and O–H groups in total. The van der Waals surface area contributed by atoms with E-state index in [0.29, 0.717) is 30.3 Å². The van der Waals surface area contributed by atoms with E-state index in [2.05, 4.69) is 0 Å². The van der Waals surface area contributed by atoms with Crippen molar-refractivity contribution in [2.45, 2.75) is 20.1 Å². The SMILES string of the molecule is Cc1c(OCc2ccccc2)cc(C(=O)Cl)cc1OCc1ccccc1. The molecule has 0 fully saturated rings. The van der Waals surface area contributed by atoms with E-state index in [1.807, 2.05) is 67.6 Å². The monoisotopic (exact) mass is 366 g/mol. The summed E-state index contributed by atoms with van der Waals surface area (Å²) in [4.78, 5) is 11.7. The topological polar surface area (TPSA) is 35.5 Å². The Balaban J connectivity index is 1.81. The van der Waals surface area contributed by atoms with Crippen LogP contribution in [0.15, 0.2) is 72.8 Å². The van der Waals surface area contributed by atoms with E-state index in [-0.39, 0.29) is 0 Å². The maximum atomic E-state index is 11.7. The van der Waals surface area contributed by atoms with Crippen LogP contribution in [0.4, 0.5) is 0 Å². The lowest BCUT2D eigenvalue weighted by molar-refractivity contribution is 0.108. The molecule has 0 aliphatic heterocycles. The standard InChI is InChI=1S/C22H19ClO3/c1-16-20(25-14-17-8-4-2-5-9-17)12-19(22(23)24)13-21(16)26-15-18-10-6-3-7-11-18/h2-13H,14-15H2,1H3. The number of rotatable bonds is 7. The van der Waals surface area contributed by atoms with Gasteiger partial charge in [0.25, 0.3) is 5.24 Å². The van der Waals surface area contributed by atoms with Crippen LogP contribution in [0, 0.1) is 6.92 Å². The van der Waals surface area contributed by atoms with E-state index in [0.717, 1.165) is 16.7 Å². The molecule has 0 saturated heterocycles. The lowest BCUT2D eigenvalue weighted by Crippen LogP contribution is -2.03. The van der Waals surface area contributed by atoms with Crippen LogP contribution in [0.5, 0.6) is 11.5 Å². The van der Waals surface area contributed by atoms with E-state index >= 15 is 0 Å². The van der Waals surface area contributed by atoms with Crippen molar-refractivity contribution in [1.82, 2.24) is 0 Å². The Labute approximate surface area is 158 Å². The smallest absolute Gasteiger partial charge is 0.252 e. The van der Waals surface area contributed by atoms with Gasteiger partial charge < -0.3 is 9.47 Å². The summed E-state index contributed by atoms with van der Waals surface area (Å²) in [6.07, 6.45) is 0. The molecule has 3 nitrogen and oxygen atoms in total. The fourth-order valence-corrected chi connectivity index (χ4v) is 2.66. The quantitative estimate of drug-likeness (QED) is 0.515. The summed E-state index contributed by atoms with van der Waals surface area (Å²) in [6.45, 7) is 2.71. The third-order valence-corrected chi connectivity index (χ3v) is 4.23. The van der Waals surface area contributed by atoms with Crippen molar-refractivity contribution in [2.75, 3.05) is 0 Å². The van der Waals surface area contributed by atoms with Crippen molar-refractivity contribution in [2.24, 2.45) is 0 Å². The van der Waals surface area contributed by atoms with Crippen molar-refractivity contribution in [3.8, 4) is 11.5 Å². The first kappa shape index (κ1) is 18.0. The van der Waals surface area contributed by atoms with Crippen LogP contribution in [-0.4, -0.2) is 5.24 Å². The predicted octanol–water partition coefficient (Wildman–Crippen LogP) is 5.53. The van der Waals surface area contributed by atoms with Gasteiger partial charge in [0.1, 0.15) is 24.7 Å². The van der Waals surface area contributed by atoms with Gasteiger partial charge in [0.05, 0.1) is 0 Å². The zero-order valence-electron chi connectivity index (χ0n) is 14.4. The molecule has 0 radical (unpaired) electrons. The number of hydrogen-bond acceptors (Lipinski definition) is 3. The summed E-state index contributed by atoms with van der Waals surface area (Å²) in [5.74, 6) is 1.17. The first-order chi connectivity index (χ1) is 12.6. The minimum absolute atomic E-state index is 0.350. The van der Waals surface area contributed by atoms with Crippen molar-refractivity contribution >= 4 is 16.8 Å². The number of halogens is 1. The molecule has 0 aliphatic carbocycles. The van der Waals surface area contributed by atoms with Crippen LogP contribution in [0.1, 0.15) is 27.0 Å². The van der Waals surface area contributed by atoms with Crippen molar-refractivity contribution in [3.63, 3.8) is 0 Å². The van der Waals surface area contributed by atoms with Gasteiger partial charge in [-0.2, -0.15) is 0 Å². The van der Waals surface area contributed by atoms with E-state index in [9.17, 15) is 4.79 Å².